The van der Waals surface area contributed by atoms with Crippen molar-refractivity contribution in [1.29, 1.82) is 0 Å². The van der Waals surface area contributed by atoms with Crippen LogP contribution >= 0.6 is 0 Å². The molecule has 2 unspecified atom stereocenters. The molecule has 2 aromatic carbocycles. The number of halogens is 5. The van der Waals surface area contributed by atoms with E-state index < -0.39 is 34.8 Å². The number of carbonyl (C=O) groups is 1. The van der Waals surface area contributed by atoms with Crippen LogP contribution in [0.4, 0.5) is 27.8 Å². The number of carbonyl (C=O) groups excluding carboxylic acids is 1. The van der Waals surface area contributed by atoms with Gasteiger partial charge in [-0.3, -0.25) is 4.79 Å². The number of aromatic nitrogens is 4. The van der Waals surface area contributed by atoms with E-state index in [1.807, 2.05) is 13.8 Å². The van der Waals surface area contributed by atoms with Gasteiger partial charge in [0.25, 0.3) is 0 Å². The van der Waals surface area contributed by atoms with E-state index in [2.05, 4.69) is 31.7 Å². The number of hydrogen-bond donors (Lipinski definition) is 2. The predicted octanol–water partition coefficient (Wildman–Crippen LogP) is 4.72. The second-order valence-corrected chi connectivity index (χ2v) is 7.97. The lowest BCUT2D eigenvalue weighted by atomic mass is 10.1. The zero-order valence-corrected chi connectivity index (χ0v) is 20.5. The molecule has 2 atom stereocenters. The highest BCUT2D eigenvalue weighted by atomic mass is 19.2. The Morgan fingerprint density at radius 2 is 1.71 bits per heavy atom. The number of nitrogens with two attached hydrogens (primary N) is 1. The van der Waals surface area contributed by atoms with E-state index in [1.165, 1.54) is 18.5 Å². The number of nitrogens with zero attached hydrogens (tertiary/aromatic N) is 4. The summed E-state index contributed by atoms with van der Waals surface area (Å²) in [6.45, 7) is 7.17. The second-order valence-electron chi connectivity index (χ2n) is 7.97. The molecule has 200 valence electrons. The van der Waals surface area contributed by atoms with Crippen molar-refractivity contribution < 1.29 is 31.5 Å². The Kier molecular flexibility index (Phi) is 8.61. The van der Waals surface area contributed by atoms with Gasteiger partial charge in [-0.15, -0.1) is 0 Å². The van der Waals surface area contributed by atoms with E-state index in [1.54, 1.807) is 22.9 Å². The van der Waals surface area contributed by atoms with Crippen molar-refractivity contribution >= 4 is 22.8 Å². The molecule has 0 aliphatic rings. The summed E-state index contributed by atoms with van der Waals surface area (Å²) in [5.74, 6) is -7.56. The Morgan fingerprint density at radius 3 is 2.29 bits per heavy atom. The number of amides is 1. The average Bonchev–Trinajstić information content (AvgIpc) is 3.28. The van der Waals surface area contributed by atoms with Crippen LogP contribution in [0.25, 0.3) is 22.3 Å². The number of fused-ring (bicyclic) bond motifs is 1. The van der Waals surface area contributed by atoms with Crippen LogP contribution in [0.5, 0.6) is 5.75 Å². The Labute approximate surface area is 214 Å². The third-order valence-electron chi connectivity index (χ3n) is 5.59. The SMILES string of the molecule is C=CC(=O)NC(C)C(C)n1nc(-c2ccccc2F)c2c(N)ncnc21.COc1c(F)c(F)cc(F)c1F. The summed E-state index contributed by atoms with van der Waals surface area (Å²) in [4.78, 5) is 19.9. The van der Waals surface area contributed by atoms with Crippen molar-refractivity contribution in [1.82, 2.24) is 25.1 Å². The molecule has 38 heavy (non-hydrogen) atoms. The standard InChI is InChI=1S/C18H19FN6O.C7H4F4O/c1-4-14(26)23-10(2)11(3)25-18-15(17(20)21-9-22-18)16(24-25)12-7-5-6-8-13(12)19;1-12-7-5(10)3(8)2-4(9)6(7)11/h4-11H,1H2,2-3H3,(H,23,26)(H2,20,21,22);2H,1H3. The summed E-state index contributed by atoms with van der Waals surface area (Å²) >= 11 is 0. The fraction of sp³-hybridized carbons (Fsp3) is 0.200. The molecular weight excluding hydrogens is 511 g/mol. The predicted molar refractivity (Wildman–Crippen MR) is 130 cm³/mol. The largest absolute Gasteiger partial charge is 0.491 e. The smallest absolute Gasteiger partial charge is 0.243 e. The van der Waals surface area contributed by atoms with Gasteiger partial charge in [-0.25, -0.2) is 27.8 Å². The monoisotopic (exact) mass is 534 g/mol. The van der Waals surface area contributed by atoms with Gasteiger partial charge in [0, 0.05) is 17.7 Å². The Balaban J connectivity index is 0.000000279. The quantitative estimate of drug-likeness (QED) is 0.211. The van der Waals surface area contributed by atoms with Crippen LogP contribution in [0, 0.1) is 29.1 Å². The van der Waals surface area contributed by atoms with Crippen molar-refractivity contribution in [2.45, 2.75) is 25.9 Å². The van der Waals surface area contributed by atoms with E-state index in [-0.39, 0.29) is 29.9 Å². The number of hydrogen-bond acceptors (Lipinski definition) is 6. The van der Waals surface area contributed by atoms with E-state index in [4.69, 9.17) is 5.73 Å². The van der Waals surface area contributed by atoms with Crippen molar-refractivity contribution in [2.75, 3.05) is 12.8 Å². The molecule has 3 N–H and O–H groups in total. The van der Waals surface area contributed by atoms with Gasteiger partial charge in [-0.05, 0) is 32.1 Å². The van der Waals surface area contributed by atoms with Crippen molar-refractivity contribution in [3.8, 4) is 17.0 Å². The molecule has 2 aromatic heterocycles. The third kappa shape index (κ3) is 5.56. The zero-order chi connectivity index (χ0) is 28.1. The van der Waals surface area contributed by atoms with E-state index in [9.17, 15) is 26.7 Å². The molecule has 0 spiro atoms. The first kappa shape index (κ1) is 28.0. The van der Waals surface area contributed by atoms with Gasteiger partial charge in [0.1, 0.15) is 23.7 Å². The van der Waals surface area contributed by atoms with Gasteiger partial charge in [-0.1, -0.05) is 18.7 Å². The van der Waals surface area contributed by atoms with Crippen LogP contribution in [0.2, 0.25) is 0 Å². The molecule has 8 nitrogen and oxygen atoms in total. The Morgan fingerprint density at radius 1 is 1.08 bits per heavy atom. The Hall–Kier alpha value is -4.55. The Bertz CT molecular complexity index is 1470. The lowest BCUT2D eigenvalue weighted by molar-refractivity contribution is -0.117. The van der Waals surface area contributed by atoms with Crippen molar-refractivity contribution in [3.05, 3.63) is 78.4 Å². The molecule has 0 radical (unpaired) electrons. The lowest BCUT2D eigenvalue weighted by Gasteiger charge is -2.21. The maximum atomic E-state index is 14.3. The molecule has 4 aromatic rings. The molecule has 1 amide bonds. The number of nitrogen functional groups attached to an aromatic ring is 1. The maximum absolute atomic E-state index is 14.3. The molecule has 13 heteroatoms. The van der Waals surface area contributed by atoms with Crippen LogP contribution in [0.1, 0.15) is 19.9 Å². The van der Waals surface area contributed by atoms with Crippen LogP contribution in [-0.4, -0.2) is 38.8 Å². The number of anilines is 1. The molecule has 0 aliphatic heterocycles. The van der Waals surface area contributed by atoms with Gasteiger partial charge in [0.2, 0.25) is 17.5 Å². The van der Waals surface area contributed by atoms with E-state index >= 15 is 0 Å². The molecule has 0 bridgehead atoms. The molecule has 0 aliphatic carbocycles. The minimum absolute atomic E-state index is 0.118. The van der Waals surface area contributed by atoms with Gasteiger partial charge in [0.15, 0.2) is 23.0 Å². The molecule has 2 heterocycles. The fourth-order valence-electron chi connectivity index (χ4n) is 3.47. The highest BCUT2D eigenvalue weighted by Gasteiger charge is 2.25. The molecular formula is C25H23F5N6O2. The summed E-state index contributed by atoms with van der Waals surface area (Å²) in [5.41, 5.74) is 7.18. The number of benzene rings is 2. The minimum Gasteiger partial charge on any atom is -0.491 e. The zero-order valence-electron chi connectivity index (χ0n) is 20.5. The van der Waals surface area contributed by atoms with Gasteiger partial charge < -0.3 is 15.8 Å². The first-order valence-corrected chi connectivity index (χ1v) is 11.0. The number of methoxy groups -OCH3 is 1. The van der Waals surface area contributed by atoms with Crippen LogP contribution in [0.15, 0.2) is 49.3 Å². The topological polar surface area (TPSA) is 108 Å². The molecule has 0 saturated carbocycles. The summed E-state index contributed by atoms with van der Waals surface area (Å²) in [7, 11) is 0.917. The van der Waals surface area contributed by atoms with Gasteiger partial charge in [-0.2, -0.15) is 13.9 Å². The van der Waals surface area contributed by atoms with Crippen LogP contribution in [0.3, 0.4) is 0 Å². The minimum atomic E-state index is -1.53. The van der Waals surface area contributed by atoms with Crippen molar-refractivity contribution in [3.63, 3.8) is 0 Å². The van der Waals surface area contributed by atoms with E-state index in [0.29, 0.717) is 22.3 Å². The number of rotatable bonds is 6. The van der Waals surface area contributed by atoms with Crippen LogP contribution < -0.4 is 15.8 Å². The summed E-state index contributed by atoms with van der Waals surface area (Å²) in [6.07, 6.45) is 2.54. The second kappa shape index (κ2) is 11.7. The molecule has 0 fully saturated rings. The highest BCUT2D eigenvalue weighted by Crippen LogP contribution is 2.33. The first-order valence-electron chi connectivity index (χ1n) is 11.0. The van der Waals surface area contributed by atoms with Gasteiger partial charge >= 0.3 is 0 Å². The first-order chi connectivity index (χ1) is 18.0. The molecule has 4 rings (SSSR count). The fourth-order valence-corrected chi connectivity index (χ4v) is 3.47. The lowest BCUT2D eigenvalue weighted by Crippen LogP contribution is -2.37. The summed E-state index contributed by atoms with van der Waals surface area (Å²) in [6, 6.07) is 5.89. The maximum Gasteiger partial charge on any atom is 0.243 e. The van der Waals surface area contributed by atoms with Gasteiger partial charge in [0.05, 0.1) is 18.5 Å². The van der Waals surface area contributed by atoms with Crippen LogP contribution in [-0.2, 0) is 4.79 Å². The summed E-state index contributed by atoms with van der Waals surface area (Å²) < 4.78 is 69.8. The highest BCUT2D eigenvalue weighted by molar-refractivity contribution is 5.98. The number of ether oxygens (including phenoxy) is 1. The average molecular weight is 534 g/mol. The number of nitrogens with one attached hydrogen (secondary N) is 1. The third-order valence-corrected chi connectivity index (χ3v) is 5.59. The van der Waals surface area contributed by atoms with Crippen molar-refractivity contribution in [2.24, 2.45) is 0 Å². The van der Waals surface area contributed by atoms with E-state index in [0.717, 1.165) is 7.11 Å². The molecule has 0 saturated heterocycles. The normalized spacial score (nSPS) is 12.3. The summed E-state index contributed by atoms with van der Waals surface area (Å²) in [5, 5.41) is 7.83.